The van der Waals surface area contributed by atoms with Gasteiger partial charge in [0.05, 0.1) is 5.56 Å². The highest BCUT2D eigenvalue weighted by Crippen LogP contribution is 2.10. The van der Waals surface area contributed by atoms with Crippen molar-refractivity contribution in [1.29, 1.82) is 5.41 Å². The molecule has 5 heteroatoms. The Balaban J connectivity index is 0.000000791. The molecule has 0 unspecified atom stereocenters. The summed E-state index contributed by atoms with van der Waals surface area (Å²) in [6.07, 6.45) is 0. The van der Waals surface area contributed by atoms with Gasteiger partial charge < -0.3 is 16.5 Å². The lowest BCUT2D eigenvalue weighted by molar-refractivity contribution is 1.23. The van der Waals surface area contributed by atoms with Gasteiger partial charge in [0.2, 0.25) is 0 Å². The van der Waals surface area contributed by atoms with Crippen LogP contribution in [0.3, 0.4) is 0 Å². The average Bonchev–Trinajstić information content (AvgIpc) is 2.14. The van der Waals surface area contributed by atoms with E-state index in [-0.39, 0.29) is 5.84 Å². The zero-order valence-corrected chi connectivity index (χ0v) is 9.46. The molecule has 0 aliphatic carbocycles. The molecular formula is C9H16N4S. The topological polar surface area (TPSA) is 91.7 Å². The Morgan fingerprint density at radius 1 is 1.50 bits per heavy atom. The number of aromatic nitrogens is 1. The third kappa shape index (κ3) is 2.85. The van der Waals surface area contributed by atoms with E-state index in [0.29, 0.717) is 16.0 Å². The molecule has 1 heterocycles. The smallest absolute Gasteiger partial charge is 0.126 e. The van der Waals surface area contributed by atoms with Crippen LogP contribution in [0, 0.1) is 17.0 Å². The number of amidine groups is 1. The van der Waals surface area contributed by atoms with Gasteiger partial charge in [0, 0.05) is 0 Å². The van der Waals surface area contributed by atoms with Crippen LogP contribution < -0.4 is 11.5 Å². The summed E-state index contributed by atoms with van der Waals surface area (Å²) >= 11 is 4.94. The molecule has 0 aliphatic heterocycles. The minimum atomic E-state index is -0.0538. The van der Waals surface area contributed by atoms with Crippen molar-refractivity contribution in [2.75, 3.05) is 5.73 Å². The van der Waals surface area contributed by atoms with Crippen molar-refractivity contribution < 1.29 is 0 Å². The zero-order chi connectivity index (χ0) is 11.3. The Labute approximate surface area is 88.8 Å². The number of aromatic amines is 1. The number of nitrogens with one attached hydrogen (secondary N) is 2. The maximum Gasteiger partial charge on any atom is 0.126 e. The quantitative estimate of drug-likeness (QED) is 0.326. The molecule has 0 saturated heterocycles. The Hall–Kier alpha value is -1.36. The van der Waals surface area contributed by atoms with Gasteiger partial charge in [-0.25, -0.2) is 0 Å². The van der Waals surface area contributed by atoms with Gasteiger partial charge in [-0.2, -0.15) is 0 Å². The fourth-order valence-electron chi connectivity index (χ4n) is 0.871. The first-order valence-electron chi connectivity index (χ1n) is 4.36. The van der Waals surface area contributed by atoms with Crippen LogP contribution in [0.4, 0.5) is 5.82 Å². The standard InChI is InChI=1S/C7H10N4S.C2H6/c1-3-2-4(5(8)9)6(10)11-7(3)12;1-2/h2H,1H3,(H3,8,9)(H3,10,11,12);1-2H3. The van der Waals surface area contributed by atoms with Crippen LogP contribution in [0.15, 0.2) is 6.07 Å². The first-order valence-corrected chi connectivity index (χ1v) is 4.77. The van der Waals surface area contributed by atoms with E-state index in [0.717, 1.165) is 5.56 Å². The number of aryl methyl sites for hydroxylation is 1. The Kier molecular flexibility index (Phi) is 4.86. The molecule has 1 aromatic heterocycles. The molecule has 1 rings (SSSR count). The van der Waals surface area contributed by atoms with Crippen molar-refractivity contribution in [3.8, 4) is 0 Å². The molecule has 0 aromatic carbocycles. The van der Waals surface area contributed by atoms with Gasteiger partial charge in [-0.1, -0.05) is 26.1 Å². The van der Waals surface area contributed by atoms with E-state index >= 15 is 0 Å². The van der Waals surface area contributed by atoms with Crippen LogP contribution in [0.2, 0.25) is 0 Å². The summed E-state index contributed by atoms with van der Waals surface area (Å²) in [5.41, 5.74) is 12.2. The third-order valence-corrected chi connectivity index (χ3v) is 1.97. The second kappa shape index (κ2) is 5.39. The van der Waals surface area contributed by atoms with Crippen LogP contribution in [-0.2, 0) is 0 Å². The van der Waals surface area contributed by atoms with Gasteiger partial charge in [-0.15, -0.1) is 0 Å². The van der Waals surface area contributed by atoms with E-state index in [9.17, 15) is 0 Å². The van der Waals surface area contributed by atoms with E-state index in [1.54, 1.807) is 6.07 Å². The maximum absolute atomic E-state index is 7.19. The minimum Gasteiger partial charge on any atom is -0.385 e. The number of pyridine rings is 1. The lowest BCUT2D eigenvalue weighted by Crippen LogP contribution is -2.14. The highest BCUT2D eigenvalue weighted by atomic mass is 32.1. The SMILES string of the molecule is CC.Cc1cc(C(=N)N)c(N)[nH]c1=S. The highest BCUT2D eigenvalue weighted by molar-refractivity contribution is 7.71. The van der Waals surface area contributed by atoms with E-state index in [1.165, 1.54) is 0 Å². The zero-order valence-electron chi connectivity index (χ0n) is 8.64. The number of H-pyrrole nitrogens is 1. The van der Waals surface area contributed by atoms with Crippen LogP contribution >= 0.6 is 12.2 Å². The molecule has 0 fully saturated rings. The second-order valence-corrected chi connectivity index (χ2v) is 2.93. The summed E-state index contributed by atoms with van der Waals surface area (Å²) in [7, 11) is 0. The predicted molar refractivity (Wildman–Crippen MR) is 63.1 cm³/mol. The Morgan fingerprint density at radius 2 is 2.00 bits per heavy atom. The highest BCUT2D eigenvalue weighted by Gasteiger charge is 2.03. The average molecular weight is 212 g/mol. The fraction of sp³-hybridized carbons (Fsp3) is 0.333. The lowest BCUT2D eigenvalue weighted by atomic mass is 10.2. The number of hydrogen-bond donors (Lipinski definition) is 4. The molecule has 0 aliphatic rings. The number of anilines is 1. The van der Waals surface area contributed by atoms with Crippen LogP contribution in [0.1, 0.15) is 25.0 Å². The monoisotopic (exact) mass is 212 g/mol. The molecule has 0 amide bonds. The number of rotatable bonds is 1. The van der Waals surface area contributed by atoms with E-state index in [2.05, 4.69) is 4.98 Å². The summed E-state index contributed by atoms with van der Waals surface area (Å²) in [6.45, 7) is 5.84. The van der Waals surface area contributed by atoms with Gasteiger partial charge in [0.15, 0.2) is 0 Å². The lowest BCUT2D eigenvalue weighted by Gasteiger charge is -2.04. The van der Waals surface area contributed by atoms with Crippen LogP contribution in [-0.4, -0.2) is 10.8 Å². The predicted octanol–water partition coefficient (Wildman–Crippen LogP) is 1.95. The molecule has 6 N–H and O–H groups in total. The summed E-state index contributed by atoms with van der Waals surface area (Å²) in [6, 6.07) is 1.70. The number of nitrogens with two attached hydrogens (primary N) is 2. The Bertz CT molecular complexity index is 381. The fourth-order valence-corrected chi connectivity index (χ4v) is 1.04. The van der Waals surface area contributed by atoms with Crippen LogP contribution in [0.5, 0.6) is 0 Å². The molecule has 78 valence electrons. The van der Waals surface area contributed by atoms with Crippen molar-refractivity contribution >= 4 is 23.9 Å². The molecule has 0 radical (unpaired) electrons. The van der Waals surface area contributed by atoms with Gasteiger partial charge in [-0.05, 0) is 18.6 Å². The van der Waals surface area contributed by atoms with Crippen molar-refractivity contribution in [2.45, 2.75) is 20.8 Å². The maximum atomic E-state index is 7.19. The summed E-state index contributed by atoms with van der Waals surface area (Å²) < 4.78 is 0.581. The van der Waals surface area contributed by atoms with Gasteiger partial charge in [-0.3, -0.25) is 5.41 Å². The van der Waals surface area contributed by atoms with E-state index in [4.69, 9.17) is 29.1 Å². The normalized spacial score (nSPS) is 8.79. The van der Waals surface area contributed by atoms with Crippen molar-refractivity contribution in [1.82, 2.24) is 4.98 Å². The van der Waals surface area contributed by atoms with Gasteiger partial charge in [0.1, 0.15) is 16.3 Å². The molecule has 4 nitrogen and oxygen atoms in total. The molecule has 0 atom stereocenters. The molecule has 0 saturated carbocycles. The van der Waals surface area contributed by atoms with Gasteiger partial charge in [0.25, 0.3) is 0 Å². The summed E-state index contributed by atoms with van der Waals surface area (Å²) in [5.74, 6) is 0.292. The van der Waals surface area contributed by atoms with E-state index < -0.39 is 0 Å². The third-order valence-electron chi connectivity index (χ3n) is 1.55. The van der Waals surface area contributed by atoms with Gasteiger partial charge >= 0.3 is 0 Å². The first kappa shape index (κ1) is 12.6. The number of nitrogen functional groups attached to an aromatic ring is 2. The summed E-state index contributed by atoms with van der Waals surface area (Å²) in [5, 5.41) is 7.19. The second-order valence-electron chi connectivity index (χ2n) is 2.52. The minimum absolute atomic E-state index is 0.0538. The molecule has 0 bridgehead atoms. The van der Waals surface area contributed by atoms with E-state index in [1.807, 2.05) is 20.8 Å². The Morgan fingerprint density at radius 3 is 2.43 bits per heavy atom. The molecule has 14 heavy (non-hydrogen) atoms. The molecule has 1 aromatic rings. The van der Waals surface area contributed by atoms with Crippen LogP contribution in [0.25, 0.3) is 0 Å². The molecular weight excluding hydrogens is 196 g/mol. The molecule has 0 spiro atoms. The van der Waals surface area contributed by atoms with Crippen molar-refractivity contribution in [2.24, 2.45) is 5.73 Å². The van der Waals surface area contributed by atoms with Crippen molar-refractivity contribution in [3.63, 3.8) is 0 Å². The van der Waals surface area contributed by atoms with Crippen molar-refractivity contribution in [3.05, 3.63) is 21.8 Å². The first-order chi connectivity index (χ1) is 6.52. The number of hydrogen-bond acceptors (Lipinski definition) is 3. The summed E-state index contributed by atoms with van der Waals surface area (Å²) in [4.78, 5) is 2.76. The largest absolute Gasteiger partial charge is 0.385 e.